The Hall–Kier alpha value is -2.32. The quantitative estimate of drug-likeness (QED) is 0.687. The lowest BCUT2D eigenvalue weighted by atomic mass is 10.1. The van der Waals surface area contributed by atoms with Crippen LogP contribution < -0.4 is 4.72 Å². The highest BCUT2D eigenvalue weighted by molar-refractivity contribution is 7.94. The van der Waals surface area contributed by atoms with E-state index in [1.165, 1.54) is 18.3 Å². The molecule has 0 atom stereocenters. The first kappa shape index (κ1) is 13.7. The molecule has 108 valence electrons. The second-order valence-electron chi connectivity index (χ2n) is 4.31. The Bertz CT molecular complexity index is 911. The van der Waals surface area contributed by atoms with Gasteiger partial charge >= 0.3 is 5.97 Å². The summed E-state index contributed by atoms with van der Waals surface area (Å²) in [7, 11) is -3.61. The van der Waals surface area contributed by atoms with Gasteiger partial charge in [0, 0.05) is 17.1 Å². The number of nitrogens with one attached hydrogen (secondary N) is 2. The van der Waals surface area contributed by atoms with Gasteiger partial charge in [0.2, 0.25) is 0 Å². The molecule has 8 heteroatoms. The van der Waals surface area contributed by atoms with Crippen molar-refractivity contribution in [3.05, 3.63) is 47.5 Å². The minimum absolute atomic E-state index is 0.151. The number of benzene rings is 1. The number of carboxylic acid groups (broad SMARTS) is 1. The Morgan fingerprint density at radius 2 is 2.10 bits per heavy atom. The van der Waals surface area contributed by atoms with Crippen molar-refractivity contribution in [3.8, 4) is 0 Å². The van der Waals surface area contributed by atoms with E-state index in [4.69, 9.17) is 5.11 Å². The molecule has 0 bridgehead atoms. The highest BCUT2D eigenvalue weighted by Gasteiger charge is 2.16. The third kappa shape index (κ3) is 2.50. The van der Waals surface area contributed by atoms with Crippen LogP contribution in [0, 0.1) is 0 Å². The lowest BCUT2D eigenvalue weighted by molar-refractivity contribution is 0.0699. The van der Waals surface area contributed by atoms with Crippen LogP contribution in [0.1, 0.15) is 10.4 Å². The maximum absolute atomic E-state index is 12.1. The average Bonchev–Trinajstić information content (AvgIpc) is 3.07. The standard InChI is InChI=1S/C13H10N2O4S2/c16-13(17)10-7-14-11-6-8(3-4-9(10)11)15-21(18,19)12-2-1-5-20-12/h1-7,14-15H,(H,16,17). The van der Waals surface area contributed by atoms with E-state index in [2.05, 4.69) is 9.71 Å². The molecular weight excluding hydrogens is 312 g/mol. The number of aromatic carboxylic acids is 1. The number of aromatic amines is 1. The third-order valence-corrected chi connectivity index (χ3v) is 5.70. The lowest BCUT2D eigenvalue weighted by Gasteiger charge is -2.06. The number of fused-ring (bicyclic) bond motifs is 1. The molecule has 0 aliphatic heterocycles. The van der Waals surface area contributed by atoms with Crippen LogP contribution in [0.2, 0.25) is 0 Å². The predicted molar refractivity (Wildman–Crippen MR) is 80.4 cm³/mol. The summed E-state index contributed by atoms with van der Waals surface area (Å²) >= 11 is 1.12. The Balaban J connectivity index is 1.98. The average molecular weight is 322 g/mol. The maximum atomic E-state index is 12.1. The van der Waals surface area contributed by atoms with Crippen LogP contribution in [0.3, 0.4) is 0 Å². The zero-order valence-corrected chi connectivity index (χ0v) is 12.2. The van der Waals surface area contributed by atoms with Gasteiger partial charge in [0.05, 0.1) is 11.3 Å². The molecule has 3 aromatic rings. The second kappa shape index (κ2) is 4.90. The summed E-state index contributed by atoms with van der Waals surface area (Å²) in [6.45, 7) is 0. The number of aromatic nitrogens is 1. The molecule has 3 rings (SSSR count). The van der Waals surface area contributed by atoms with E-state index in [0.717, 1.165) is 11.3 Å². The van der Waals surface area contributed by atoms with Gasteiger partial charge in [-0.1, -0.05) is 6.07 Å². The van der Waals surface area contributed by atoms with Gasteiger partial charge in [0.15, 0.2) is 0 Å². The van der Waals surface area contributed by atoms with E-state index < -0.39 is 16.0 Å². The molecule has 1 aromatic carbocycles. The van der Waals surface area contributed by atoms with Crippen LogP contribution in [0.25, 0.3) is 10.9 Å². The molecule has 2 heterocycles. The number of H-pyrrole nitrogens is 1. The van der Waals surface area contributed by atoms with Crippen molar-refractivity contribution < 1.29 is 18.3 Å². The number of rotatable bonds is 4. The summed E-state index contributed by atoms with van der Waals surface area (Å²) in [5.41, 5.74) is 1.08. The van der Waals surface area contributed by atoms with Crippen molar-refractivity contribution in [3.63, 3.8) is 0 Å². The molecule has 3 N–H and O–H groups in total. The first-order valence-corrected chi connectivity index (χ1v) is 8.24. The molecule has 2 aromatic heterocycles. The highest BCUT2D eigenvalue weighted by atomic mass is 32.2. The van der Waals surface area contributed by atoms with Gasteiger partial charge in [-0.25, -0.2) is 13.2 Å². The monoisotopic (exact) mass is 322 g/mol. The van der Waals surface area contributed by atoms with E-state index in [0.29, 0.717) is 16.6 Å². The minimum atomic E-state index is -3.61. The van der Waals surface area contributed by atoms with Crippen molar-refractivity contribution in [2.75, 3.05) is 4.72 Å². The van der Waals surface area contributed by atoms with Gasteiger partial charge in [-0.2, -0.15) is 0 Å². The SMILES string of the molecule is O=C(O)c1c[nH]c2cc(NS(=O)(=O)c3cccs3)ccc12. The fourth-order valence-corrected chi connectivity index (χ4v) is 4.03. The summed E-state index contributed by atoms with van der Waals surface area (Å²) in [4.78, 5) is 13.8. The van der Waals surface area contributed by atoms with E-state index >= 15 is 0 Å². The van der Waals surface area contributed by atoms with Crippen LogP contribution in [-0.4, -0.2) is 24.5 Å². The molecule has 0 amide bonds. The Labute approximate surface area is 124 Å². The van der Waals surface area contributed by atoms with Crippen molar-refractivity contribution in [2.24, 2.45) is 0 Å². The van der Waals surface area contributed by atoms with E-state index in [9.17, 15) is 13.2 Å². The molecular formula is C13H10N2O4S2. The topological polar surface area (TPSA) is 99.3 Å². The molecule has 0 aliphatic carbocycles. The normalized spacial score (nSPS) is 11.6. The minimum Gasteiger partial charge on any atom is -0.478 e. The molecule has 0 spiro atoms. The predicted octanol–water partition coefficient (Wildman–Crippen LogP) is 2.73. The molecule has 0 saturated heterocycles. The first-order valence-electron chi connectivity index (χ1n) is 5.88. The Morgan fingerprint density at radius 3 is 2.76 bits per heavy atom. The number of carbonyl (C=O) groups is 1. The van der Waals surface area contributed by atoms with Crippen LogP contribution in [-0.2, 0) is 10.0 Å². The smallest absolute Gasteiger partial charge is 0.337 e. The molecule has 0 fully saturated rings. The van der Waals surface area contributed by atoms with E-state index in [1.807, 2.05) is 0 Å². The number of hydrogen-bond donors (Lipinski definition) is 3. The fourth-order valence-electron chi connectivity index (χ4n) is 1.99. The summed E-state index contributed by atoms with van der Waals surface area (Å²) in [5, 5.41) is 11.2. The van der Waals surface area contributed by atoms with Crippen molar-refractivity contribution >= 4 is 43.9 Å². The molecule has 0 aliphatic rings. The first-order chi connectivity index (χ1) is 9.97. The van der Waals surface area contributed by atoms with Gasteiger partial charge in [0.1, 0.15) is 4.21 Å². The number of thiophene rings is 1. The zero-order valence-electron chi connectivity index (χ0n) is 10.5. The summed E-state index contributed by atoms with van der Waals surface area (Å²) in [5.74, 6) is -1.03. The van der Waals surface area contributed by atoms with Gasteiger partial charge in [0.25, 0.3) is 10.0 Å². The molecule has 0 radical (unpaired) electrons. The van der Waals surface area contributed by atoms with Gasteiger partial charge in [-0.15, -0.1) is 11.3 Å². The van der Waals surface area contributed by atoms with Crippen LogP contribution >= 0.6 is 11.3 Å². The molecule has 0 saturated carbocycles. The summed E-state index contributed by atoms with van der Waals surface area (Å²) < 4.78 is 26.9. The largest absolute Gasteiger partial charge is 0.478 e. The van der Waals surface area contributed by atoms with Crippen LogP contribution in [0.5, 0.6) is 0 Å². The van der Waals surface area contributed by atoms with E-state index in [1.54, 1.807) is 23.6 Å². The van der Waals surface area contributed by atoms with Crippen LogP contribution in [0.15, 0.2) is 46.1 Å². The van der Waals surface area contributed by atoms with Gasteiger partial charge in [-0.05, 0) is 29.6 Å². The second-order valence-corrected chi connectivity index (χ2v) is 7.16. The number of anilines is 1. The van der Waals surface area contributed by atoms with E-state index in [-0.39, 0.29) is 9.77 Å². The highest BCUT2D eigenvalue weighted by Crippen LogP contribution is 2.25. The van der Waals surface area contributed by atoms with Crippen molar-refractivity contribution in [1.29, 1.82) is 0 Å². The number of sulfonamides is 1. The van der Waals surface area contributed by atoms with Crippen molar-refractivity contribution in [2.45, 2.75) is 4.21 Å². The fraction of sp³-hybridized carbons (Fsp3) is 0. The number of carboxylic acids is 1. The summed E-state index contributed by atoms with van der Waals surface area (Å²) in [6, 6.07) is 7.84. The van der Waals surface area contributed by atoms with Crippen molar-refractivity contribution in [1.82, 2.24) is 4.98 Å². The molecule has 21 heavy (non-hydrogen) atoms. The zero-order chi connectivity index (χ0) is 15.0. The Morgan fingerprint density at radius 1 is 1.29 bits per heavy atom. The van der Waals surface area contributed by atoms with Crippen LogP contribution in [0.4, 0.5) is 5.69 Å². The van der Waals surface area contributed by atoms with Gasteiger partial charge < -0.3 is 10.1 Å². The number of hydrogen-bond acceptors (Lipinski definition) is 4. The Kier molecular flexibility index (Phi) is 3.19. The third-order valence-electron chi connectivity index (χ3n) is 2.92. The lowest BCUT2D eigenvalue weighted by Crippen LogP contribution is -2.11. The summed E-state index contributed by atoms with van der Waals surface area (Å²) in [6.07, 6.45) is 1.38. The maximum Gasteiger partial charge on any atom is 0.337 e. The molecule has 6 nitrogen and oxygen atoms in total. The molecule has 0 unspecified atom stereocenters. The van der Waals surface area contributed by atoms with Gasteiger partial charge in [-0.3, -0.25) is 4.72 Å².